The molecule has 4 heterocycles. The van der Waals surface area contributed by atoms with Gasteiger partial charge in [-0.05, 0) is 18.9 Å². The molecular formula is C17H17ClF3N5O2. The van der Waals surface area contributed by atoms with Gasteiger partial charge in [0.25, 0.3) is 0 Å². The van der Waals surface area contributed by atoms with Gasteiger partial charge in [-0.25, -0.2) is 22.6 Å². The third-order valence-electron chi connectivity index (χ3n) is 5.09. The Morgan fingerprint density at radius 1 is 1.29 bits per heavy atom. The Morgan fingerprint density at radius 2 is 2.00 bits per heavy atom. The van der Waals surface area contributed by atoms with E-state index in [4.69, 9.17) is 11.6 Å². The zero-order chi connectivity index (χ0) is 20.0. The molecule has 2 aromatic heterocycles. The van der Waals surface area contributed by atoms with Crippen LogP contribution in [-0.4, -0.2) is 55.6 Å². The van der Waals surface area contributed by atoms with Crippen molar-refractivity contribution in [2.45, 2.75) is 44.2 Å². The fourth-order valence-electron chi connectivity index (χ4n) is 3.68. The molecule has 1 saturated heterocycles. The fourth-order valence-corrected chi connectivity index (χ4v) is 3.83. The van der Waals surface area contributed by atoms with E-state index in [2.05, 4.69) is 10.1 Å². The number of aromatic nitrogens is 4. The van der Waals surface area contributed by atoms with Crippen molar-refractivity contribution in [1.82, 2.24) is 24.2 Å². The number of halogens is 4. The van der Waals surface area contributed by atoms with Crippen molar-refractivity contribution in [3.05, 3.63) is 45.1 Å². The van der Waals surface area contributed by atoms with E-state index in [0.29, 0.717) is 25.1 Å². The molecule has 1 fully saturated rings. The first kappa shape index (κ1) is 19.0. The quantitative estimate of drug-likeness (QED) is 0.764. The van der Waals surface area contributed by atoms with E-state index < -0.39 is 35.8 Å². The summed E-state index contributed by atoms with van der Waals surface area (Å²) in [6.45, 7) is -0.866. The summed E-state index contributed by atoms with van der Waals surface area (Å²) in [5.74, 6) is -0.781. The molecule has 0 unspecified atom stereocenters. The highest BCUT2D eigenvalue weighted by molar-refractivity contribution is 6.30. The molecule has 0 N–H and O–H groups in total. The highest BCUT2D eigenvalue weighted by Crippen LogP contribution is 2.27. The summed E-state index contributed by atoms with van der Waals surface area (Å²) in [6.07, 6.45) is -0.723. The van der Waals surface area contributed by atoms with Crippen molar-refractivity contribution in [1.29, 1.82) is 0 Å². The first-order chi connectivity index (χ1) is 13.3. The van der Waals surface area contributed by atoms with Crippen molar-refractivity contribution in [3.63, 3.8) is 0 Å². The molecule has 28 heavy (non-hydrogen) atoms. The van der Waals surface area contributed by atoms with Crippen LogP contribution >= 0.6 is 11.6 Å². The predicted molar refractivity (Wildman–Crippen MR) is 93.1 cm³/mol. The fraction of sp³-hybridized carbons (Fsp3) is 0.529. The summed E-state index contributed by atoms with van der Waals surface area (Å²) >= 11 is 5.68. The number of rotatable bonds is 3. The second kappa shape index (κ2) is 7.23. The number of nitrogens with zero attached hydrogens (tertiary/aromatic N) is 5. The summed E-state index contributed by atoms with van der Waals surface area (Å²) in [5.41, 5.74) is -0.595. The highest BCUT2D eigenvalue weighted by Gasteiger charge is 2.40. The summed E-state index contributed by atoms with van der Waals surface area (Å²) < 4.78 is 43.2. The van der Waals surface area contributed by atoms with E-state index in [-0.39, 0.29) is 30.4 Å². The second-order valence-electron chi connectivity index (χ2n) is 6.99. The van der Waals surface area contributed by atoms with Crippen LogP contribution in [0.5, 0.6) is 0 Å². The SMILES string of the molecule is O=C([C@@H]1CCCc2nn(Cc3ncc(Cl)cc3F)c(=O)n21)N1C[C@H](F)[C@@H](F)C1. The maximum atomic E-state index is 14.0. The molecule has 3 atom stereocenters. The van der Waals surface area contributed by atoms with Crippen molar-refractivity contribution < 1.29 is 18.0 Å². The topological polar surface area (TPSA) is 73.0 Å². The van der Waals surface area contributed by atoms with Crippen molar-refractivity contribution in [2.75, 3.05) is 13.1 Å². The molecule has 11 heteroatoms. The van der Waals surface area contributed by atoms with Gasteiger partial charge < -0.3 is 4.90 Å². The third kappa shape index (κ3) is 3.30. The number of likely N-dealkylation sites (tertiary alicyclic amines) is 1. The van der Waals surface area contributed by atoms with Crippen LogP contribution in [0.15, 0.2) is 17.1 Å². The van der Waals surface area contributed by atoms with E-state index in [1.807, 2.05) is 0 Å². The average Bonchev–Trinajstić information content (AvgIpc) is 3.16. The summed E-state index contributed by atoms with van der Waals surface area (Å²) in [5, 5.41) is 4.34. The number of hydrogen-bond acceptors (Lipinski definition) is 4. The summed E-state index contributed by atoms with van der Waals surface area (Å²) in [4.78, 5) is 30.6. The standard InChI is InChI=1S/C17H17ClF3N5O2/c18-9-4-10(19)13(22-5-9)8-25-17(28)26-14(2-1-3-15(26)23-25)16(27)24-6-11(20)12(21)7-24/h4-5,11-12,14H,1-3,6-8H2/t11-,12-,14-/m0/s1. The molecule has 2 aromatic rings. The Bertz CT molecular complexity index is 968. The van der Waals surface area contributed by atoms with Crippen molar-refractivity contribution >= 4 is 17.5 Å². The lowest BCUT2D eigenvalue weighted by atomic mass is 10.0. The Kier molecular flexibility index (Phi) is 4.90. The number of amides is 1. The lowest BCUT2D eigenvalue weighted by molar-refractivity contribution is -0.134. The molecule has 4 rings (SSSR count). The number of alkyl halides is 2. The molecule has 0 radical (unpaired) electrons. The summed E-state index contributed by atoms with van der Waals surface area (Å²) in [7, 11) is 0. The molecule has 2 aliphatic rings. The Balaban J connectivity index is 1.63. The minimum atomic E-state index is -1.72. The number of aryl methyl sites for hydroxylation is 1. The minimum absolute atomic E-state index is 0.00934. The van der Waals surface area contributed by atoms with Crippen LogP contribution in [0.25, 0.3) is 0 Å². The molecular weight excluding hydrogens is 399 g/mol. The number of carbonyl (C=O) groups excluding carboxylic acids is 1. The zero-order valence-electron chi connectivity index (χ0n) is 14.7. The van der Waals surface area contributed by atoms with Gasteiger partial charge >= 0.3 is 5.69 Å². The van der Waals surface area contributed by atoms with Gasteiger partial charge in [0.15, 0.2) is 12.3 Å². The molecule has 2 aliphatic heterocycles. The average molecular weight is 416 g/mol. The van der Waals surface area contributed by atoms with Crippen LogP contribution < -0.4 is 5.69 Å². The van der Waals surface area contributed by atoms with Crippen LogP contribution in [0.4, 0.5) is 13.2 Å². The van der Waals surface area contributed by atoms with E-state index in [1.165, 1.54) is 10.8 Å². The minimum Gasteiger partial charge on any atom is -0.335 e. The van der Waals surface area contributed by atoms with Crippen LogP contribution in [0, 0.1) is 5.82 Å². The lowest BCUT2D eigenvalue weighted by Crippen LogP contribution is -2.42. The molecule has 0 saturated carbocycles. The Morgan fingerprint density at radius 3 is 2.68 bits per heavy atom. The first-order valence-electron chi connectivity index (χ1n) is 8.90. The largest absolute Gasteiger partial charge is 0.347 e. The van der Waals surface area contributed by atoms with Crippen LogP contribution in [-0.2, 0) is 17.8 Å². The van der Waals surface area contributed by atoms with Crippen LogP contribution in [0.1, 0.15) is 30.4 Å². The van der Waals surface area contributed by atoms with Gasteiger partial charge in [0, 0.05) is 12.6 Å². The van der Waals surface area contributed by atoms with E-state index in [1.54, 1.807) is 0 Å². The van der Waals surface area contributed by atoms with E-state index in [0.717, 1.165) is 15.6 Å². The Hall–Kier alpha value is -2.36. The highest BCUT2D eigenvalue weighted by atomic mass is 35.5. The van der Waals surface area contributed by atoms with Gasteiger partial charge in [0.1, 0.15) is 17.7 Å². The normalized spacial score (nSPS) is 24.4. The number of hydrogen-bond donors (Lipinski definition) is 0. The number of pyridine rings is 1. The molecule has 0 spiro atoms. The smallest absolute Gasteiger partial charge is 0.335 e. The van der Waals surface area contributed by atoms with Crippen LogP contribution in [0.2, 0.25) is 5.02 Å². The monoisotopic (exact) mass is 415 g/mol. The van der Waals surface area contributed by atoms with Gasteiger partial charge in [0.05, 0.1) is 30.4 Å². The predicted octanol–water partition coefficient (Wildman–Crippen LogP) is 1.68. The number of carbonyl (C=O) groups is 1. The van der Waals surface area contributed by atoms with Gasteiger partial charge in [-0.3, -0.25) is 14.3 Å². The Labute approximate surface area is 162 Å². The maximum absolute atomic E-state index is 14.0. The molecule has 0 aromatic carbocycles. The summed E-state index contributed by atoms with van der Waals surface area (Å²) in [6, 6.07) is 0.219. The van der Waals surface area contributed by atoms with Crippen molar-refractivity contribution in [3.8, 4) is 0 Å². The van der Waals surface area contributed by atoms with Crippen molar-refractivity contribution in [2.24, 2.45) is 0 Å². The lowest BCUT2D eigenvalue weighted by Gasteiger charge is -2.26. The van der Waals surface area contributed by atoms with Gasteiger partial charge in [-0.15, -0.1) is 0 Å². The first-order valence-corrected chi connectivity index (χ1v) is 9.28. The van der Waals surface area contributed by atoms with Crippen LogP contribution in [0.3, 0.4) is 0 Å². The van der Waals surface area contributed by atoms with E-state index >= 15 is 0 Å². The molecule has 150 valence electrons. The third-order valence-corrected chi connectivity index (χ3v) is 5.30. The molecule has 7 nitrogen and oxygen atoms in total. The van der Waals surface area contributed by atoms with E-state index in [9.17, 15) is 22.8 Å². The zero-order valence-corrected chi connectivity index (χ0v) is 15.4. The van der Waals surface area contributed by atoms with Gasteiger partial charge in [-0.1, -0.05) is 11.6 Å². The molecule has 0 bridgehead atoms. The van der Waals surface area contributed by atoms with Gasteiger partial charge in [0.2, 0.25) is 5.91 Å². The molecule has 1 amide bonds. The number of fused-ring (bicyclic) bond motifs is 1. The van der Waals surface area contributed by atoms with Gasteiger partial charge in [-0.2, -0.15) is 5.10 Å². The molecule has 0 aliphatic carbocycles. The maximum Gasteiger partial charge on any atom is 0.347 e. The second-order valence-corrected chi connectivity index (χ2v) is 7.43.